The van der Waals surface area contributed by atoms with E-state index in [9.17, 15) is 9.59 Å². The molecule has 1 aliphatic carbocycles. The lowest BCUT2D eigenvalue weighted by Gasteiger charge is -2.33. The van der Waals surface area contributed by atoms with Gasteiger partial charge in [-0.2, -0.15) is 0 Å². The van der Waals surface area contributed by atoms with Gasteiger partial charge in [-0.15, -0.1) is 0 Å². The summed E-state index contributed by atoms with van der Waals surface area (Å²) >= 11 is 0. The molecule has 0 spiro atoms. The van der Waals surface area contributed by atoms with Gasteiger partial charge in [-0.05, 0) is 44.4 Å². The van der Waals surface area contributed by atoms with Crippen molar-refractivity contribution in [3.8, 4) is 0 Å². The molecule has 3 rings (SSSR count). The molecule has 3 aliphatic rings. The summed E-state index contributed by atoms with van der Waals surface area (Å²) in [7, 11) is 1.42. The van der Waals surface area contributed by atoms with Crippen LogP contribution in [0.3, 0.4) is 0 Å². The van der Waals surface area contributed by atoms with Crippen molar-refractivity contribution >= 4 is 11.9 Å². The lowest BCUT2D eigenvalue weighted by molar-refractivity contribution is -0.152. The van der Waals surface area contributed by atoms with Crippen LogP contribution in [0.1, 0.15) is 70.6 Å². The first-order valence-electron chi connectivity index (χ1n) is 9.27. The van der Waals surface area contributed by atoms with Gasteiger partial charge in [0.2, 0.25) is 5.91 Å². The van der Waals surface area contributed by atoms with E-state index in [4.69, 9.17) is 4.74 Å². The molecule has 2 N–H and O–H groups in total. The van der Waals surface area contributed by atoms with Crippen LogP contribution in [0.15, 0.2) is 0 Å². The van der Waals surface area contributed by atoms with E-state index in [1.54, 1.807) is 0 Å². The van der Waals surface area contributed by atoms with Gasteiger partial charge in [0.25, 0.3) is 0 Å². The zero-order valence-electron chi connectivity index (χ0n) is 14.2. The Labute approximate surface area is 138 Å². The lowest BCUT2D eigenvalue weighted by Crippen LogP contribution is -2.55. The number of hydrogen-bond donors (Lipinski definition) is 2. The minimum atomic E-state index is -0.783. The summed E-state index contributed by atoms with van der Waals surface area (Å²) in [6.45, 7) is 0. The number of fused-ring (bicyclic) bond motifs is 2. The number of rotatable bonds is 4. The zero-order valence-corrected chi connectivity index (χ0v) is 14.2. The molecule has 2 unspecified atom stereocenters. The number of piperidine rings is 1. The Kier molecular flexibility index (Phi) is 5.24. The van der Waals surface area contributed by atoms with Gasteiger partial charge in [-0.3, -0.25) is 4.79 Å². The van der Waals surface area contributed by atoms with Gasteiger partial charge in [0.1, 0.15) is 5.54 Å². The maximum Gasteiger partial charge on any atom is 0.331 e. The molecule has 3 fully saturated rings. The zero-order chi connectivity index (χ0) is 16.3. The molecule has 2 saturated heterocycles. The van der Waals surface area contributed by atoms with E-state index < -0.39 is 5.54 Å². The Bertz CT molecular complexity index is 432. The van der Waals surface area contributed by atoms with E-state index in [-0.39, 0.29) is 11.9 Å². The van der Waals surface area contributed by atoms with Gasteiger partial charge < -0.3 is 15.4 Å². The fraction of sp³-hybridized carbons (Fsp3) is 0.889. The first-order chi connectivity index (χ1) is 11.1. The predicted octanol–water partition coefficient (Wildman–Crippen LogP) is 2.29. The maximum atomic E-state index is 12.6. The minimum absolute atomic E-state index is 0.0311. The van der Waals surface area contributed by atoms with E-state index in [1.165, 1.54) is 20.0 Å². The molecule has 5 heteroatoms. The van der Waals surface area contributed by atoms with Crippen molar-refractivity contribution in [2.75, 3.05) is 7.11 Å². The molecule has 2 atom stereocenters. The molecule has 2 bridgehead atoms. The molecule has 2 heterocycles. The second kappa shape index (κ2) is 7.20. The Morgan fingerprint density at radius 1 is 1.09 bits per heavy atom. The number of carbonyl (C=O) groups is 2. The van der Waals surface area contributed by atoms with Crippen LogP contribution in [-0.2, 0) is 14.3 Å². The minimum Gasteiger partial charge on any atom is -0.467 e. The van der Waals surface area contributed by atoms with Crippen molar-refractivity contribution < 1.29 is 14.3 Å². The van der Waals surface area contributed by atoms with Crippen molar-refractivity contribution in [1.82, 2.24) is 10.6 Å². The van der Waals surface area contributed by atoms with Crippen LogP contribution in [0.25, 0.3) is 0 Å². The number of ether oxygens (including phenoxy) is 1. The van der Waals surface area contributed by atoms with Crippen LogP contribution in [0.4, 0.5) is 0 Å². The molecule has 0 radical (unpaired) electrons. The van der Waals surface area contributed by atoms with Gasteiger partial charge in [0, 0.05) is 18.5 Å². The van der Waals surface area contributed by atoms with E-state index in [2.05, 4.69) is 10.6 Å². The summed E-state index contributed by atoms with van der Waals surface area (Å²) in [5, 5.41) is 6.70. The molecule has 5 nitrogen and oxygen atoms in total. The molecule has 23 heavy (non-hydrogen) atoms. The van der Waals surface area contributed by atoms with Crippen LogP contribution in [0.5, 0.6) is 0 Å². The molecule has 130 valence electrons. The molecule has 0 aromatic carbocycles. The van der Waals surface area contributed by atoms with Gasteiger partial charge in [0.05, 0.1) is 7.11 Å². The van der Waals surface area contributed by atoms with E-state index >= 15 is 0 Å². The van der Waals surface area contributed by atoms with Crippen molar-refractivity contribution in [1.29, 1.82) is 0 Å². The Balaban J connectivity index is 1.60. The third-order valence-corrected chi connectivity index (χ3v) is 5.96. The normalized spacial score (nSPS) is 32.8. The fourth-order valence-corrected chi connectivity index (χ4v) is 4.83. The van der Waals surface area contributed by atoms with Crippen LogP contribution in [-0.4, -0.2) is 36.6 Å². The summed E-state index contributed by atoms with van der Waals surface area (Å²) < 4.78 is 5.02. The van der Waals surface area contributed by atoms with E-state index in [1.807, 2.05) is 0 Å². The first kappa shape index (κ1) is 16.7. The standard InChI is InChI=1S/C18H30N2O3/c1-23-17(22)18(8-4-2-3-5-9-18)20-16(21)12-13-10-14-6-7-15(11-13)19-14/h13-15,19H,2-12H2,1H3,(H,20,21). The topological polar surface area (TPSA) is 67.4 Å². The molecule has 0 aromatic rings. The third-order valence-electron chi connectivity index (χ3n) is 5.96. The van der Waals surface area contributed by atoms with E-state index in [0.29, 0.717) is 37.3 Å². The second-order valence-corrected chi connectivity index (χ2v) is 7.72. The second-order valence-electron chi connectivity index (χ2n) is 7.72. The Hall–Kier alpha value is -1.10. The molecule has 1 saturated carbocycles. The highest BCUT2D eigenvalue weighted by Gasteiger charge is 2.42. The van der Waals surface area contributed by atoms with Crippen molar-refractivity contribution in [3.63, 3.8) is 0 Å². The Morgan fingerprint density at radius 3 is 2.26 bits per heavy atom. The van der Waals surface area contributed by atoms with Crippen LogP contribution < -0.4 is 10.6 Å². The molecule has 2 aliphatic heterocycles. The largest absolute Gasteiger partial charge is 0.467 e. The summed E-state index contributed by atoms with van der Waals surface area (Å²) in [4.78, 5) is 24.9. The van der Waals surface area contributed by atoms with Crippen molar-refractivity contribution in [3.05, 3.63) is 0 Å². The predicted molar refractivity (Wildman–Crippen MR) is 87.9 cm³/mol. The van der Waals surface area contributed by atoms with E-state index in [0.717, 1.165) is 38.5 Å². The molecular weight excluding hydrogens is 292 g/mol. The van der Waals surface area contributed by atoms with Gasteiger partial charge in [-0.1, -0.05) is 25.7 Å². The summed E-state index contributed by atoms with van der Waals surface area (Å²) in [6.07, 6.45) is 10.9. The highest BCUT2D eigenvalue weighted by atomic mass is 16.5. The monoisotopic (exact) mass is 322 g/mol. The number of esters is 1. The average Bonchev–Trinajstić information content (AvgIpc) is 2.74. The smallest absolute Gasteiger partial charge is 0.331 e. The molecule has 1 amide bonds. The van der Waals surface area contributed by atoms with Crippen molar-refractivity contribution in [2.24, 2.45) is 5.92 Å². The highest BCUT2D eigenvalue weighted by molar-refractivity contribution is 5.88. The molecular formula is C18H30N2O3. The van der Waals surface area contributed by atoms with Crippen LogP contribution >= 0.6 is 0 Å². The third kappa shape index (κ3) is 3.87. The molecule has 0 aromatic heterocycles. The highest BCUT2D eigenvalue weighted by Crippen LogP contribution is 2.33. The summed E-state index contributed by atoms with van der Waals surface area (Å²) in [6, 6.07) is 1.19. The quantitative estimate of drug-likeness (QED) is 0.615. The van der Waals surface area contributed by atoms with Crippen LogP contribution in [0, 0.1) is 5.92 Å². The van der Waals surface area contributed by atoms with Gasteiger partial charge >= 0.3 is 5.97 Å². The number of methoxy groups -OCH3 is 1. The number of amides is 1. The SMILES string of the molecule is COC(=O)C1(NC(=O)CC2CC3CCC(C2)N3)CCCCCC1. The summed E-state index contributed by atoms with van der Waals surface area (Å²) in [5.41, 5.74) is -0.783. The average molecular weight is 322 g/mol. The lowest BCUT2D eigenvalue weighted by atomic mass is 9.87. The van der Waals surface area contributed by atoms with Gasteiger partial charge in [-0.25, -0.2) is 4.79 Å². The number of carbonyl (C=O) groups excluding carboxylic acids is 2. The van der Waals surface area contributed by atoms with Crippen LogP contribution in [0.2, 0.25) is 0 Å². The number of hydrogen-bond acceptors (Lipinski definition) is 4. The van der Waals surface area contributed by atoms with Gasteiger partial charge in [0.15, 0.2) is 0 Å². The number of nitrogens with one attached hydrogen (secondary N) is 2. The van der Waals surface area contributed by atoms with Crippen molar-refractivity contribution in [2.45, 2.75) is 88.3 Å². The fourth-order valence-electron chi connectivity index (χ4n) is 4.83. The maximum absolute atomic E-state index is 12.6. The Morgan fingerprint density at radius 2 is 1.70 bits per heavy atom. The summed E-state index contributed by atoms with van der Waals surface area (Å²) in [5.74, 6) is 0.218. The first-order valence-corrected chi connectivity index (χ1v) is 9.27.